The van der Waals surface area contributed by atoms with Crippen molar-refractivity contribution in [3.8, 4) is 11.3 Å². The lowest BCUT2D eigenvalue weighted by molar-refractivity contribution is 0.625. The molecule has 126 valence electrons. The highest BCUT2D eigenvalue weighted by Crippen LogP contribution is 2.28. The van der Waals surface area contributed by atoms with E-state index in [1.807, 2.05) is 30.3 Å². The molecule has 1 aromatic carbocycles. The van der Waals surface area contributed by atoms with Gasteiger partial charge in [0.2, 0.25) is 10.1 Å². The van der Waals surface area contributed by atoms with Crippen LogP contribution in [-0.2, 0) is 6.54 Å². The Morgan fingerprint density at radius 2 is 2.20 bits per heavy atom. The van der Waals surface area contributed by atoms with Crippen molar-refractivity contribution in [2.45, 2.75) is 6.54 Å². The number of hydrogen-bond acceptors (Lipinski definition) is 5. The number of rotatable bonds is 4. The fraction of sp³-hybridized carbons (Fsp3) is 0.118. The maximum absolute atomic E-state index is 13.2. The van der Waals surface area contributed by atoms with Crippen molar-refractivity contribution in [3.63, 3.8) is 0 Å². The molecular weight excluding hydrogens is 405 g/mol. The third-order valence-corrected chi connectivity index (χ3v) is 5.51. The van der Waals surface area contributed by atoms with Gasteiger partial charge in [0.05, 0.1) is 11.9 Å². The van der Waals surface area contributed by atoms with E-state index in [1.165, 1.54) is 23.5 Å². The molecule has 0 N–H and O–H groups in total. The summed E-state index contributed by atoms with van der Waals surface area (Å²) in [5.74, 6) is -0.256. The van der Waals surface area contributed by atoms with Crippen molar-refractivity contribution < 1.29 is 4.39 Å². The molecule has 0 aliphatic rings. The van der Waals surface area contributed by atoms with Crippen molar-refractivity contribution >= 4 is 37.4 Å². The number of halogens is 2. The topological polar surface area (TPSA) is 46.3 Å². The maximum atomic E-state index is 13.2. The van der Waals surface area contributed by atoms with Crippen molar-refractivity contribution in [1.82, 2.24) is 19.6 Å². The Hall–Kier alpha value is -2.32. The Balaban J connectivity index is 1.58. The summed E-state index contributed by atoms with van der Waals surface area (Å²) in [7, 11) is 1.95. The highest BCUT2D eigenvalue weighted by atomic mass is 79.9. The van der Waals surface area contributed by atoms with Gasteiger partial charge in [-0.1, -0.05) is 33.3 Å². The van der Waals surface area contributed by atoms with Gasteiger partial charge in [0.1, 0.15) is 5.82 Å². The lowest BCUT2D eigenvalue weighted by atomic mass is 10.2. The predicted molar refractivity (Wildman–Crippen MR) is 100 cm³/mol. The Morgan fingerprint density at radius 3 is 2.92 bits per heavy atom. The molecule has 0 saturated heterocycles. The van der Waals surface area contributed by atoms with E-state index >= 15 is 0 Å². The Labute approximate surface area is 155 Å². The van der Waals surface area contributed by atoms with Crippen molar-refractivity contribution in [2.75, 3.05) is 11.9 Å². The second-order valence-electron chi connectivity index (χ2n) is 5.57. The van der Waals surface area contributed by atoms with E-state index < -0.39 is 0 Å². The van der Waals surface area contributed by atoms with E-state index in [0.717, 1.165) is 31.4 Å². The van der Waals surface area contributed by atoms with Gasteiger partial charge in [-0.25, -0.2) is 13.9 Å². The fourth-order valence-corrected chi connectivity index (χ4v) is 3.79. The van der Waals surface area contributed by atoms with Crippen LogP contribution in [0.1, 0.15) is 5.56 Å². The molecule has 0 fully saturated rings. The molecule has 4 rings (SSSR count). The SMILES string of the molecule is CN(Cc1ccc(F)cc1Br)c1nn2cc(-c3cccnc3)nc2s1. The van der Waals surface area contributed by atoms with Gasteiger partial charge in [-0.15, -0.1) is 5.10 Å². The zero-order valence-corrected chi connectivity index (χ0v) is 15.6. The van der Waals surface area contributed by atoms with E-state index in [9.17, 15) is 4.39 Å². The molecule has 3 heterocycles. The average molecular weight is 418 g/mol. The molecule has 3 aromatic heterocycles. The summed E-state index contributed by atoms with van der Waals surface area (Å²) in [6.07, 6.45) is 5.42. The van der Waals surface area contributed by atoms with Crippen LogP contribution in [0, 0.1) is 5.82 Å². The van der Waals surface area contributed by atoms with Gasteiger partial charge in [0, 0.05) is 36.0 Å². The number of fused-ring (bicyclic) bond motifs is 1. The number of imidazole rings is 1. The van der Waals surface area contributed by atoms with E-state index in [-0.39, 0.29) is 5.82 Å². The fourth-order valence-electron chi connectivity index (χ4n) is 2.47. The molecular formula is C17H13BrFN5S. The molecule has 0 spiro atoms. The van der Waals surface area contributed by atoms with Crippen LogP contribution in [0.5, 0.6) is 0 Å². The van der Waals surface area contributed by atoms with Crippen LogP contribution in [0.25, 0.3) is 16.2 Å². The maximum Gasteiger partial charge on any atom is 0.214 e. The molecule has 0 radical (unpaired) electrons. The molecule has 0 amide bonds. The highest BCUT2D eigenvalue weighted by molar-refractivity contribution is 9.10. The Kier molecular flexibility index (Phi) is 4.22. The van der Waals surface area contributed by atoms with Gasteiger partial charge < -0.3 is 4.90 Å². The van der Waals surface area contributed by atoms with Gasteiger partial charge >= 0.3 is 0 Å². The third kappa shape index (κ3) is 3.27. The third-order valence-electron chi connectivity index (χ3n) is 3.74. The number of nitrogens with zero attached hydrogens (tertiary/aromatic N) is 5. The lowest BCUT2D eigenvalue weighted by Gasteiger charge is -2.16. The molecule has 0 aliphatic carbocycles. The molecule has 0 unspecified atom stereocenters. The normalized spacial score (nSPS) is 11.2. The molecule has 0 aliphatic heterocycles. The van der Waals surface area contributed by atoms with Crippen molar-refractivity contribution in [2.24, 2.45) is 0 Å². The molecule has 0 saturated carbocycles. The molecule has 0 bridgehead atoms. The van der Waals surface area contributed by atoms with Crippen LogP contribution in [0.15, 0.2) is 53.4 Å². The minimum atomic E-state index is -0.256. The molecule has 8 heteroatoms. The monoisotopic (exact) mass is 417 g/mol. The number of hydrogen-bond donors (Lipinski definition) is 0. The van der Waals surface area contributed by atoms with Crippen LogP contribution < -0.4 is 4.90 Å². The average Bonchev–Trinajstić information content (AvgIpc) is 3.17. The van der Waals surface area contributed by atoms with Gasteiger partial charge in [-0.3, -0.25) is 4.98 Å². The lowest BCUT2D eigenvalue weighted by Crippen LogP contribution is -2.16. The van der Waals surface area contributed by atoms with Crippen molar-refractivity contribution in [3.05, 3.63) is 64.8 Å². The molecule has 25 heavy (non-hydrogen) atoms. The zero-order valence-electron chi connectivity index (χ0n) is 13.2. The summed E-state index contributed by atoms with van der Waals surface area (Å²) in [6.45, 7) is 0.618. The first kappa shape index (κ1) is 16.2. The van der Waals surface area contributed by atoms with E-state index in [4.69, 9.17) is 0 Å². The highest BCUT2D eigenvalue weighted by Gasteiger charge is 2.14. The quantitative estimate of drug-likeness (QED) is 0.493. The van der Waals surface area contributed by atoms with Crippen LogP contribution in [0.2, 0.25) is 0 Å². The summed E-state index contributed by atoms with van der Waals surface area (Å²) in [6, 6.07) is 8.56. The molecule has 4 aromatic rings. The van der Waals surface area contributed by atoms with Crippen molar-refractivity contribution in [1.29, 1.82) is 0 Å². The first-order valence-corrected chi connectivity index (χ1v) is 9.13. The number of benzene rings is 1. The van der Waals surface area contributed by atoms with Crippen LogP contribution in [0.4, 0.5) is 9.52 Å². The van der Waals surface area contributed by atoms with Crippen LogP contribution in [0.3, 0.4) is 0 Å². The molecule has 5 nitrogen and oxygen atoms in total. The Morgan fingerprint density at radius 1 is 1.32 bits per heavy atom. The summed E-state index contributed by atoms with van der Waals surface area (Å²) in [5.41, 5.74) is 2.81. The minimum absolute atomic E-state index is 0.256. The van der Waals surface area contributed by atoms with E-state index in [2.05, 4.69) is 31.0 Å². The van der Waals surface area contributed by atoms with E-state index in [1.54, 1.807) is 23.0 Å². The number of aromatic nitrogens is 4. The predicted octanol–water partition coefficient (Wildman–Crippen LogP) is 4.39. The summed E-state index contributed by atoms with van der Waals surface area (Å²) in [5, 5.41) is 5.43. The number of anilines is 1. The van der Waals surface area contributed by atoms with Gasteiger partial charge in [-0.05, 0) is 29.8 Å². The second-order valence-corrected chi connectivity index (χ2v) is 7.36. The van der Waals surface area contributed by atoms with Gasteiger partial charge in [0.15, 0.2) is 0 Å². The van der Waals surface area contributed by atoms with Crippen LogP contribution >= 0.6 is 27.3 Å². The van der Waals surface area contributed by atoms with Gasteiger partial charge in [0.25, 0.3) is 0 Å². The smallest absolute Gasteiger partial charge is 0.214 e. The summed E-state index contributed by atoms with van der Waals surface area (Å²) in [4.78, 5) is 11.6. The largest absolute Gasteiger partial charge is 0.345 e. The van der Waals surface area contributed by atoms with Crippen LogP contribution in [-0.4, -0.2) is 26.6 Å². The zero-order chi connectivity index (χ0) is 17.4. The minimum Gasteiger partial charge on any atom is -0.345 e. The Bertz CT molecular complexity index is 999. The molecule has 0 atom stereocenters. The standard InChI is InChI=1S/C17H13BrFN5S/c1-23(9-12-4-5-13(19)7-14(12)18)17-22-24-10-15(21-16(24)25-17)11-3-2-6-20-8-11/h2-8,10H,9H2,1H3. The van der Waals surface area contributed by atoms with Gasteiger partial charge in [-0.2, -0.15) is 0 Å². The summed E-state index contributed by atoms with van der Waals surface area (Å²) < 4.78 is 15.7. The van der Waals surface area contributed by atoms with E-state index in [0.29, 0.717) is 6.54 Å². The second kappa shape index (κ2) is 6.53. The number of pyridine rings is 1. The summed E-state index contributed by atoms with van der Waals surface area (Å²) >= 11 is 4.91. The first-order chi connectivity index (χ1) is 12.1. The first-order valence-electron chi connectivity index (χ1n) is 7.52.